The highest BCUT2D eigenvalue weighted by Crippen LogP contribution is 2.21. The van der Waals surface area contributed by atoms with Crippen molar-refractivity contribution in [2.75, 3.05) is 27.2 Å². The van der Waals surface area contributed by atoms with Crippen LogP contribution in [0.1, 0.15) is 17.7 Å². The molecule has 104 valence electrons. The fraction of sp³-hybridized carbons (Fsp3) is 0.636. The van der Waals surface area contributed by atoms with Crippen LogP contribution < -0.4 is 4.72 Å². The summed E-state index contributed by atoms with van der Waals surface area (Å²) in [6.07, 6.45) is 1.75. The summed E-state index contributed by atoms with van der Waals surface area (Å²) in [6, 6.07) is 1.53. The van der Waals surface area contributed by atoms with Crippen LogP contribution in [0, 0.1) is 0 Å². The lowest BCUT2D eigenvalue weighted by molar-refractivity contribution is 0.282. The molecule has 0 unspecified atom stereocenters. The van der Waals surface area contributed by atoms with Gasteiger partial charge >= 0.3 is 0 Å². The third kappa shape index (κ3) is 4.66. The van der Waals surface area contributed by atoms with Gasteiger partial charge in [0.05, 0.1) is 11.5 Å². The van der Waals surface area contributed by atoms with E-state index in [1.165, 1.54) is 17.4 Å². The van der Waals surface area contributed by atoms with Crippen LogP contribution in [0.2, 0.25) is 0 Å². The summed E-state index contributed by atoms with van der Waals surface area (Å²) in [4.78, 5) is 2.75. The Bertz CT molecular complexity index is 455. The molecule has 1 heterocycles. The van der Waals surface area contributed by atoms with Crippen molar-refractivity contribution in [2.45, 2.75) is 24.3 Å². The van der Waals surface area contributed by atoms with E-state index < -0.39 is 10.0 Å². The summed E-state index contributed by atoms with van der Waals surface area (Å²) in [5.74, 6) is 0. The summed E-state index contributed by atoms with van der Waals surface area (Å²) in [7, 11) is 0.505. The van der Waals surface area contributed by atoms with E-state index in [4.69, 9.17) is 5.11 Å². The minimum absolute atomic E-state index is 0.197. The molecule has 0 radical (unpaired) electrons. The lowest BCUT2D eigenvalue weighted by Crippen LogP contribution is -2.26. The normalized spacial score (nSPS) is 12.2. The monoisotopic (exact) mass is 292 g/mol. The van der Waals surface area contributed by atoms with E-state index in [0.717, 1.165) is 19.4 Å². The van der Waals surface area contributed by atoms with Crippen molar-refractivity contribution in [2.24, 2.45) is 0 Å². The number of nitrogens with one attached hydrogen (secondary N) is 1. The Morgan fingerprint density at radius 1 is 1.39 bits per heavy atom. The van der Waals surface area contributed by atoms with Crippen molar-refractivity contribution in [1.82, 2.24) is 9.62 Å². The van der Waals surface area contributed by atoms with Gasteiger partial charge in [-0.3, -0.25) is 0 Å². The van der Waals surface area contributed by atoms with E-state index in [-0.39, 0.29) is 11.5 Å². The molecule has 1 aromatic rings. The fourth-order valence-electron chi connectivity index (χ4n) is 1.52. The first kappa shape index (κ1) is 15.6. The molecule has 0 bridgehead atoms. The fourth-order valence-corrected chi connectivity index (χ4v) is 3.89. The largest absolute Gasteiger partial charge is 0.391 e. The van der Waals surface area contributed by atoms with Gasteiger partial charge in [-0.2, -0.15) is 0 Å². The average molecular weight is 292 g/mol. The van der Waals surface area contributed by atoms with Crippen LogP contribution in [0.15, 0.2) is 16.3 Å². The molecule has 1 rings (SSSR count). The maximum absolute atomic E-state index is 11.9. The molecule has 0 spiro atoms. The van der Waals surface area contributed by atoms with Gasteiger partial charge in [0.1, 0.15) is 0 Å². The van der Waals surface area contributed by atoms with Crippen LogP contribution in [0.4, 0.5) is 0 Å². The molecule has 0 atom stereocenters. The lowest BCUT2D eigenvalue weighted by Gasteiger charge is -2.10. The zero-order valence-corrected chi connectivity index (χ0v) is 12.4. The van der Waals surface area contributed by atoms with Crippen molar-refractivity contribution in [3.63, 3.8) is 0 Å². The second-order valence-corrected chi connectivity index (χ2v) is 7.01. The Morgan fingerprint density at radius 3 is 2.72 bits per heavy atom. The Morgan fingerprint density at radius 2 is 2.11 bits per heavy atom. The maximum atomic E-state index is 11.9. The molecule has 7 heteroatoms. The van der Waals surface area contributed by atoms with Gasteiger partial charge < -0.3 is 10.0 Å². The molecule has 0 aliphatic heterocycles. The molecule has 5 nitrogen and oxygen atoms in total. The Kier molecular flexibility index (Phi) is 6.24. The molecule has 2 N–H and O–H groups in total. The highest BCUT2D eigenvalue weighted by atomic mass is 32.2. The average Bonchev–Trinajstić information content (AvgIpc) is 2.76. The van der Waals surface area contributed by atoms with Gasteiger partial charge in [-0.05, 0) is 44.9 Å². The predicted molar refractivity (Wildman–Crippen MR) is 73.2 cm³/mol. The second kappa shape index (κ2) is 7.20. The number of hydrogen-bond donors (Lipinski definition) is 2. The molecule has 0 fully saturated rings. The minimum Gasteiger partial charge on any atom is -0.391 e. The zero-order chi connectivity index (χ0) is 13.6. The van der Waals surface area contributed by atoms with Gasteiger partial charge in [-0.15, -0.1) is 11.3 Å². The molecule has 1 aromatic heterocycles. The standard InChI is InChI=1S/C11H20N2O3S2/c1-13(2)7-4-3-6-12-18(15,16)11-5-8-17-10(11)9-14/h5,8,12,14H,3-4,6-7,9H2,1-2H3. The summed E-state index contributed by atoms with van der Waals surface area (Å²) in [5, 5.41) is 10.7. The number of thiophene rings is 1. The third-order valence-corrected chi connectivity index (χ3v) is 5.04. The summed E-state index contributed by atoms with van der Waals surface area (Å²) >= 11 is 1.25. The van der Waals surface area contributed by atoms with Gasteiger partial charge in [0.2, 0.25) is 10.0 Å². The van der Waals surface area contributed by atoms with Crippen molar-refractivity contribution in [3.05, 3.63) is 16.3 Å². The van der Waals surface area contributed by atoms with E-state index in [2.05, 4.69) is 9.62 Å². The summed E-state index contributed by atoms with van der Waals surface area (Å²) < 4.78 is 26.4. The van der Waals surface area contributed by atoms with Gasteiger partial charge in [0.25, 0.3) is 0 Å². The van der Waals surface area contributed by atoms with E-state index in [0.29, 0.717) is 11.4 Å². The summed E-state index contributed by atoms with van der Waals surface area (Å²) in [6.45, 7) is 1.13. The molecule has 0 amide bonds. The highest BCUT2D eigenvalue weighted by Gasteiger charge is 2.18. The van der Waals surface area contributed by atoms with E-state index in [1.54, 1.807) is 5.38 Å². The van der Waals surface area contributed by atoms with Gasteiger partial charge in [-0.25, -0.2) is 13.1 Å². The van der Waals surface area contributed by atoms with Crippen LogP contribution in [0.5, 0.6) is 0 Å². The number of aliphatic hydroxyl groups is 1. The van der Waals surface area contributed by atoms with E-state index >= 15 is 0 Å². The van der Waals surface area contributed by atoms with Crippen LogP contribution in [-0.2, 0) is 16.6 Å². The van der Waals surface area contributed by atoms with Crippen molar-refractivity contribution in [3.8, 4) is 0 Å². The molecular weight excluding hydrogens is 272 g/mol. The first-order chi connectivity index (χ1) is 8.47. The predicted octanol–water partition coefficient (Wildman–Crippen LogP) is 0.860. The van der Waals surface area contributed by atoms with Gasteiger partial charge in [0, 0.05) is 11.4 Å². The molecular formula is C11H20N2O3S2. The number of aliphatic hydroxyl groups excluding tert-OH is 1. The number of rotatable bonds is 8. The number of hydrogen-bond acceptors (Lipinski definition) is 5. The van der Waals surface area contributed by atoms with E-state index in [9.17, 15) is 8.42 Å². The minimum atomic E-state index is -3.47. The zero-order valence-electron chi connectivity index (χ0n) is 10.7. The van der Waals surface area contributed by atoms with E-state index in [1.807, 2.05) is 14.1 Å². The Hall–Kier alpha value is -0.470. The molecule has 0 aromatic carbocycles. The van der Waals surface area contributed by atoms with Crippen molar-refractivity contribution < 1.29 is 13.5 Å². The Labute approximate surface area is 112 Å². The van der Waals surface area contributed by atoms with Crippen molar-refractivity contribution >= 4 is 21.4 Å². The van der Waals surface area contributed by atoms with Crippen LogP contribution >= 0.6 is 11.3 Å². The SMILES string of the molecule is CN(C)CCCCNS(=O)(=O)c1ccsc1CO. The third-order valence-electron chi connectivity index (χ3n) is 2.46. The number of unbranched alkanes of at least 4 members (excludes halogenated alkanes) is 1. The lowest BCUT2D eigenvalue weighted by atomic mass is 10.3. The molecule has 0 aliphatic carbocycles. The summed E-state index contributed by atoms with van der Waals surface area (Å²) in [5.41, 5.74) is 0. The Balaban J connectivity index is 2.46. The quantitative estimate of drug-likeness (QED) is 0.697. The molecule has 0 aliphatic rings. The second-order valence-electron chi connectivity index (χ2n) is 4.27. The molecule has 0 saturated carbocycles. The maximum Gasteiger partial charge on any atom is 0.241 e. The van der Waals surface area contributed by atoms with Crippen LogP contribution in [-0.4, -0.2) is 45.6 Å². The highest BCUT2D eigenvalue weighted by molar-refractivity contribution is 7.89. The number of sulfonamides is 1. The van der Waals surface area contributed by atoms with Crippen molar-refractivity contribution in [1.29, 1.82) is 0 Å². The topological polar surface area (TPSA) is 69.6 Å². The van der Waals surface area contributed by atoms with Gasteiger partial charge in [-0.1, -0.05) is 0 Å². The first-order valence-corrected chi connectivity index (χ1v) is 8.15. The van der Waals surface area contributed by atoms with Crippen LogP contribution in [0.3, 0.4) is 0 Å². The van der Waals surface area contributed by atoms with Gasteiger partial charge in [0.15, 0.2) is 0 Å². The molecule has 18 heavy (non-hydrogen) atoms. The smallest absolute Gasteiger partial charge is 0.241 e. The van der Waals surface area contributed by atoms with Crippen LogP contribution in [0.25, 0.3) is 0 Å². The first-order valence-electron chi connectivity index (χ1n) is 5.79. The molecule has 0 saturated heterocycles. The number of nitrogens with zero attached hydrogens (tertiary/aromatic N) is 1.